The minimum atomic E-state index is -1.31. The monoisotopic (exact) mass is 569 g/mol. The molecule has 1 fully saturated rings. The first-order valence-corrected chi connectivity index (χ1v) is 13.3. The predicted octanol–water partition coefficient (Wildman–Crippen LogP) is 4.55. The van der Waals surface area contributed by atoms with E-state index in [1.807, 2.05) is 17.5 Å². The number of aliphatic carboxylic acids is 1. The van der Waals surface area contributed by atoms with Crippen molar-refractivity contribution in [3.05, 3.63) is 39.2 Å². The molecule has 1 aliphatic rings. The van der Waals surface area contributed by atoms with Gasteiger partial charge in [0.1, 0.15) is 11.6 Å². The first-order valence-electron chi connectivity index (χ1n) is 11.7. The topological polar surface area (TPSA) is 125 Å². The molecule has 200 valence electrons. The fraction of sp³-hybridized carbons (Fsp3) is 0.440. The van der Waals surface area contributed by atoms with Crippen molar-refractivity contribution in [3.8, 4) is 0 Å². The molecule has 3 N–H and O–H groups in total. The lowest BCUT2D eigenvalue weighted by molar-refractivity contribution is -0.142. The second kappa shape index (κ2) is 12.1. The van der Waals surface area contributed by atoms with Crippen LogP contribution in [0.25, 0.3) is 16.2 Å². The third-order valence-corrected chi connectivity index (χ3v) is 7.64. The maximum atomic E-state index is 12.7. The maximum Gasteiger partial charge on any atom is 0.407 e. The van der Waals surface area contributed by atoms with Crippen LogP contribution >= 0.6 is 34.5 Å². The summed E-state index contributed by atoms with van der Waals surface area (Å²) in [6, 6.07) is 2.50. The highest BCUT2D eigenvalue weighted by molar-refractivity contribution is 7.18. The van der Waals surface area contributed by atoms with Crippen molar-refractivity contribution in [2.45, 2.75) is 45.3 Å². The van der Waals surface area contributed by atoms with Gasteiger partial charge in [0, 0.05) is 25.1 Å². The molecule has 0 aliphatic carbocycles. The van der Waals surface area contributed by atoms with Gasteiger partial charge in [0.2, 0.25) is 11.8 Å². The average Bonchev–Trinajstić information content (AvgIpc) is 3.30. The lowest BCUT2D eigenvalue weighted by Crippen LogP contribution is -2.52. The summed E-state index contributed by atoms with van der Waals surface area (Å²) < 4.78 is 5.98. The van der Waals surface area contributed by atoms with Gasteiger partial charge in [-0.05, 0) is 68.2 Å². The van der Waals surface area contributed by atoms with Crippen molar-refractivity contribution in [2.24, 2.45) is 5.92 Å². The number of benzene rings is 1. The van der Waals surface area contributed by atoms with Crippen LogP contribution < -0.4 is 10.6 Å². The van der Waals surface area contributed by atoms with E-state index in [1.165, 1.54) is 17.4 Å². The first kappa shape index (κ1) is 28.7. The van der Waals surface area contributed by atoms with E-state index >= 15 is 0 Å². The standard InChI is InChI=1S/C25H29Cl2N3O6S/c1-25(2,3)36-24(35)28-13-17(23(33)34)29-22(32)14-6-9-30(10-7-14)18(31)5-4-15-12-16-8-11-37-21(16)20(27)19(15)26/h4-5,8,11-12,14,17H,6-7,9-10,13H2,1-3H3,(H,28,35)(H,29,32)(H,33,34). The van der Waals surface area contributed by atoms with Crippen molar-refractivity contribution in [3.63, 3.8) is 0 Å². The lowest BCUT2D eigenvalue weighted by atomic mass is 9.95. The molecule has 0 spiro atoms. The van der Waals surface area contributed by atoms with Crippen molar-refractivity contribution in [1.82, 2.24) is 15.5 Å². The fourth-order valence-corrected chi connectivity index (χ4v) is 5.25. The van der Waals surface area contributed by atoms with Gasteiger partial charge in [-0.2, -0.15) is 0 Å². The normalized spacial score (nSPS) is 15.5. The Bertz CT molecular complexity index is 1210. The smallest absolute Gasteiger partial charge is 0.407 e. The number of carbonyl (C=O) groups is 4. The van der Waals surface area contributed by atoms with Crippen molar-refractivity contribution in [1.29, 1.82) is 0 Å². The zero-order valence-corrected chi connectivity index (χ0v) is 23.0. The summed E-state index contributed by atoms with van der Waals surface area (Å²) >= 11 is 14.2. The van der Waals surface area contributed by atoms with E-state index < -0.39 is 35.5 Å². The molecule has 1 aliphatic heterocycles. The summed E-state index contributed by atoms with van der Waals surface area (Å²) in [5, 5.41) is 18.0. The zero-order chi connectivity index (χ0) is 27.3. The van der Waals surface area contributed by atoms with Gasteiger partial charge in [-0.3, -0.25) is 9.59 Å². The Morgan fingerprint density at radius 3 is 2.51 bits per heavy atom. The third kappa shape index (κ3) is 7.83. The Labute approximate surface area is 228 Å². The maximum absolute atomic E-state index is 12.7. The number of nitrogens with zero attached hydrogens (tertiary/aromatic N) is 1. The summed E-state index contributed by atoms with van der Waals surface area (Å²) in [6.07, 6.45) is 3.04. The van der Waals surface area contributed by atoms with Gasteiger partial charge in [-0.15, -0.1) is 11.3 Å². The molecular formula is C25H29Cl2N3O6S. The largest absolute Gasteiger partial charge is 0.480 e. The van der Waals surface area contributed by atoms with Crippen molar-refractivity contribution < 1.29 is 29.0 Å². The van der Waals surface area contributed by atoms with Crippen LogP contribution in [0.15, 0.2) is 23.6 Å². The van der Waals surface area contributed by atoms with E-state index in [1.54, 1.807) is 31.7 Å². The minimum Gasteiger partial charge on any atom is -0.480 e. The molecule has 12 heteroatoms. The number of halogens is 2. The van der Waals surface area contributed by atoms with Crippen LogP contribution in [0.3, 0.4) is 0 Å². The lowest BCUT2D eigenvalue weighted by Gasteiger charge is -2.31. The van der Waals surface area contributed by atoms with E-state index in [0.29, 0.717) is 41.5 Å². The second-order valence-corrected chi connectivity index (χ2v) is 11.3. The van der Waals surface area contributed by atoms with Gasteiger partial charge in [-0.25, -0.2) is 9.59 Å². The third-order valence-electron chi connectivity index (χ3n) is 5.70. The molecule has 1 saturated heterocycles. The number of fused-ring (bicyclic) bond motifs is 1. The van der Waals surface area contributed by atoms with Crippen molar-refractivity contribution >= 4 is 74.6 Å². The Morgan fingerprint density at radius 2 is 1.89 bits per heavy atom. The molecule has 0 saturated carbocycles. The molecule has 2 aromatic rings. The molecule has 1 aromatic heterocycles. The van der Waals surface area contributed by atoms with Gasteiger partial charge >= 0.3 is 12.1 Å². The second-order valence-electron chi connectivity index (χ2n) is 9.65. The van der Waals surface area contributed by atoms with Crippen LogP contribution in [0.5, 0.6) is 0 Å². The molecule has 9 nitrogen and oxygen atoms in total. The number of thiophene rings is 1. The number of likely N-dealkylation sites (tertiary alicyclic amines) is 1. The molecule has 3 amide bonds. The zero-order valence-electron chi connectivity index (χ0n) is 20.7. The van der Waals surface area contributed by atoms with E-state index in [2.05, 4.69) is 10.6 Å². The summed E-state index contributed by atoms with van der Waals surface area (Å²) in [7, 11) is 0. The Kier molecular flexibility index (Phi) is 9.44. The first-order chi connectivity index (χ1) is 17.4. The van der Waals surface area contributed by atoms with E-state index in [0.717, 1.165) is 10.1 Å². The van der Waals surface area contributed by atoms with Gasteiger partial charge in [-0.1, -0.05) is 23.2 Å². The van der Waals surface area contributed by atoms with Crippen LogP contribution in [0.4, 0.5) is 4.79 Å². The quantitative estimate of drug-likeness (QED) is 0.420. The van der Waals surface area contributed by atoms with Crippen LogP contribution in [0, 0.1) is 5.92 Å². The fourth-order valence-electron chi connectivity index (χ4n) is 3.81. The van der Waals surface area contributed by atoms with Gasteiger partial charge < -0.3 is 25.4 Å². The highest BCUT2D eigenvalue weighted by Gasteiger charge is 2.30. The molecular weight excluding hydrogens is 541 g/mol. The highest BCUT2D eigenvalue weighted by atomic mass is 35.5. The van der Waals surface area contributed by atoms with Gasteiger partial charge in [0.15, 0.2) is 0 Å². The number of ether oxygens (including phenoxy) is 1. The van der Waals surface area contributed by atoms with Gasteiger partial charge in [0.25, 0.3) is 0 Å². The number of carboxylic acid groups (broad SMARTS) is 1. The van der Waals surface area contributed by atoms with Crippen LogP contribution in [-0.2, 0) is 19.1 Å². The number of hydrogen-bond acceptors (Lipinski definition) is 6. The minimum absolute atomic E-state index is 0.221. The number of amides is 3. The number of piperidine rings is 1. The Hall–Kier alpha value is -2.82. The molecule has 0 bridgehead atoms. The molecule has 37 heavy (non-hydrogen) atoms. The summed E-state index contributed by atoms with van der Waals surface area (Å²) in [5.41, 5.74) is -0.0938. The van der Waals surface area contributed by atoms with E-state index in [-0.39, 0.29) is 12.5 Å². The SMILES string of the molecule is CC(C)(C)OC(=O)NCC(NC(=O)C1CCN(C(=O)C=Cc2cc3ccsc3c(Cl)c2Cl)CC1)C(=O)O. The number of carbonyl (C=O) groups excluding carboxylic acids is 3. The molecule has 0 radical (unpaired) electrons. The number of alkyl carbamates (subject to hydrolysis) is 1. The van der Waals surface area contributed by atoms with Crippen LogP contribution in [0.2, 0.25) is 10.0 Å². The van der Waals surface area contributed by atoms with Gasteiger partial charge in [0.05, 0.1) is 21.3 Å². The molecule has 1 aromatic carbocycles. The molecule has 1 atom stereocenters. The summed E-state index contributed by atoms with van der Waals surface area (Å²) in [4.78, 5) is 50.4. The summed E-state index contributed by atoms with van der Waals surface area (Å²) in [6.45, 7) is 5.42. The average molecular weight is 570 g/mol. The Balaban J connectivity index is 1.51. The van der Waals surface area contributed by atoms with E-state index in [9.17, 15) is 24.3 Å². The number of hydrogen-bond donors (Lipinski definition) is 3. The summed E-state index contributed by atoms with van der Waals surface area (Å²) in [5.74, 6) is -2.39. The number of nitrogens with one attached hydrogen (secondary N) is 2. The van der Waals surface area contributed by atoms with E-state index in [4.69, 9.17) is 27.9 Å². The number of carboxylic acids is 1. The molecule has 2 heterocycles. The van der Waals surface area contributed by atoms with Crippen molar-refractivity contribution in [2.75, 3.05) is 19.6 Å². The van der Waals surface area contributed by atoms with Crippen LogP contribution in [-0.4, -0.2) is 65.2 Å². The number of rotatable bonds is 7. The Morgan fingerprint density at radius 1 is 1.22 bits per heavy atom. The predicted molar refractivity (Wildman–Crippen MR) is 144 cm³/mol. The molecule has 3 rings (SSSR count). The highest BCUT2D eigenvalue weighted by Crippen LogP contribution is 2.37. The molecule has 1 unspecified atom stereocenters. The van der Waals surface area contributed by atoms with Crippen LogP contribution in [0.1, 0.15) is 39.2 Å².